The standard InChI is InChI=1S/C16H33F3N4O.HI/c1-6-20-15(21-9-8-14(13(3)4)24-7-2)22-10-11-23(5)12-16(17,18)19;/h13-14H,6-12H2,1-5H3,(H2,20,21,22);1H. The van der Waals surface area contributed by atoms with Gasteiger partial charge in [0.05, 0.1) is 12.6 Å². The molecule has 0 amide bonds. The summed E-state index contributed by atoms with van der Waals surface area (Å²) in [7, 11) is 1.45. The van der Waals surface area contributed by atoms with Crippen LogP contribution in [0, 0.1) is 5.92 Å². The number of ether oxygens (including phenoxy) is 1. The Morgan fingerprint density at radius 1 is 1.20 bits per heavy atom. The van der Waals surface area contributed by atoms with Gasteiger partial charge in [-0.05, 0) is 33.2 Å². The number of aliphatic imine (C=N–C) groups is 1. The molecule has 2 N–H and O–H groups in total. The maximum absolute atomic E-state index is 12.3. The second kappa shape index (κ2) is 14.8. The lowest BCUT2D eigenvalue weighted by atomic mass is 10.0. The highest BCUT2D eigenvalue weighted by atomic mass is 127. The van der Waals surface area contributed by atoms with Crippen LogP contribution in [0.5, 0.6) is 0 Å². The zero-order chi connectivity index (χ0) is 18.6. The highest BCUT2D eigenvalue weighted by molar-refractivity contribution is 14.0. The van der Waals surface area contributed by atoms with Crippen LogP contribution in [-0.4, -0.2) is 69.5 Å². The summed E-state index contributed by atoms with van der Waals surface area (Å²) in [5.41, 5.74) is 0. The lowest BCUT2D eigenvalue weighted by Gasteiger charge is -2.21. The third-order valence-electron chi connectivity index (χ3n) is 3.39. The predicted octanol–water partition coefficient (Wildman–Crippen LogP) is 3.10. The van der Waals surface area contributed by atoms with Crippen molar-refractivity contribution >= 4 is 29.9 Å². The first-order valence-electron chi connectivity index (χ1n) is 8.58. The highest BCUT2D eigenvalue weighted by Crippen LogP contribution is 2.15. The minimum absolute atomic E-state index is 0. The Labute approximate surface area is 167 Å². The summed E-state index contributed by atoms with van der Waals surface area (Å²) in [5.74, 6) is 1.05. The lowest BCUT2D eigenvalue weighted by Crippen LogP contribution is -2.42. The summed E-state index contributed by atoms with van der Waals surface area (Å²) in [6, 6.07) is 0. The number of rotatable bonds is 11. The zero-order valence-electron chi connectivity index (χ0n) is 15.9. The zero-order valence-corrected chi connectivity index (χ0v) is 18.3. The van der Waals surface area contributed by atoms with Gasteiger partial charge in [-0.3, -0.25) is 9.89 Å². The molecule has 0 spiro atoms. The fourth-order valence-electron chi connectivity index (χ4n) is 2.22. The molecule has 0 aliphatic rings. The molecule has 0 bridgehead atoms. The van der Waals surface area contributed by atoms with E-state index in [0.29, 0.717) is 38.1 Å². The van der Waals surface area contributed by atoms with Gasteiger partial charge in [-0.1, -0.05) is 13.8 Å². The Bertz CT molecular complexity index is 355. The van der Waals surface area contributed by atoms with Crippen molar-refractivity contribution in [2.24, 2.45) is 10.9 Å². The smallest absolute Gasteiger partial charge is 0.378 e. The quantitative estimate of drug-likeness (QED) is 0.270. The van der Waals surface area contributed by atoms with Crippen LogP contribution in [-0.2, 0) is 4.74 Å². The largest absolute Gasteiger partial charge is 0.401 e. The van der Waals surface area contributed by atoms with Crippen molar-refractivity contribution in [3.63, 3.8) is 0 Å². The number of nitrogens with one attached hydrogen (secondary N) is 2. The van der Waals surface area contributed by atoms with Gasteiger partial charge < -0.3 is 15.4 Å². The fraction of sp³-hybridized carbons (Fsp3) is 0.938. The third kappa shape index (κ3) is 15.7. The molecule has 152 valence electrons. The second-order valence-electron chi connectivity index (χ2n) is 6.07. The van der Waals surface area contributed by atoms with E-state index in [1.165, 1.54) is 11.9 Å². The first-order valence-corrected chi connectivity index (χ1v) is 8.58. The van der Waals surface area contributed by atoms with Gasteiger partial charge >= 0.3 is 6.18 Å². The Hall–Kier alpha value is -0.290. The van der Waals surface area contributed by atoms with Crippen molar-refractivity contribution in [1.29, 1.82) is 0 Å². The normalized spacial score (nSPS) is 13.8. The SMILES string of the molecule is CCNC(=NCCC(OCC)C(C)C)NCCN(C)CC(F)(F)F.I. The number of nitrogens with zero attached hydrogens (tertiary/aromatic N) is 2. The Morgan fingerprint density at radius 2 is 1.84 bits per heavy atom. The van der Waals surface area contributed by atoms with Gasteiger partial charge in [0.15, 0.2) is 5.96 Å². The summed E-state index contributed by atoms with van der Waals surface area (Å²) < 4.78 is 42.5. The summed E-state index contributed by atoms with van der Waals surface area (Å²) in [6.07, 6.45) is -3.19. The minimum atomic E-state index is -4.17. The summed E-state index contributed by atoms with van der Waals surface area (Å²) in [4.78, 5) is 5.70. The molecule has 1 atom stereocenters. The van der Waals surface area contributed by atoms with Gasteiger partial charge in [-0.2, -0.15) is 13.2 Å². The van der Waals surface area contributed by atoms with E-state index < -0.39 is 12.7 Å². The van der Waals surface area contributed by atoms with Crippen molar-refractivity contribution in [2.75, 3.05) is 46.4 Å². The molecule has 5 nitrogen and oxygen atoms in total. The molecule has 0 aromatic rings. The topological polar surface area (TPSA) is 48.9 Å². The van der Waals surface area contributed by atoms with Crippen LogP contribution in [0.15, 0.2) is 4.99 Å². The molecule has 0 aromatic carbocycles. The van der Waals surface area contributed by atoms with Crippen LogP contribution in [0.25, 0.3) is 0 Å². The van der Waals surface area contributed by atoms with E-state index in [4.69, 9.17) is 4.74 Å². The van der Waals surface area contributed by atoms with Gasteiger partial charge in [-0.15, -0.1) is 24.0 Å². The molecule has 9 heteroatoms. The maximum Gasteiger partial charge on any atom is 0.401 e. The molecule has 0 aliphatic heterocycles. The van der Waals surface area contributed by atoms with Crippen LogP contribution < -0.4 is 10.6 Å². The van der Waals surface area contributed by atoms with Crippen LogP contribution in [0.4, 0.5) is 13.2 Å². The number of hydrogen-bond acceptors (Lipinski definition) is 3. The lowest BCUT2D eigenvalue weighted by molar-refractivity contribution is -0.142. The van der Waals surface area contributed by atoms with Gasteiger partial charge in [-0.25, -0.2) is 0 Å². The van der Waals surface area contributed by atoms with Crippen LogP contribution in [0.1, 0.15) is 34.1 Å². The van der Waals surface area contributed by atoms with Crippen LogP contribution in [0.2, 0.25) is 0 Å². The van der Waals surface area contributed by atoms with Gasteiger partial charge in [0, 0.05) is 32.8 Å². The molecule has 25 heavy (non-hydrogen) atoms. The molecule has 0 saturated carbocycles. The molecule has 0 heterocycles. The van der Waals surface area contributed by atoms with E-state index in [-0.39, 0.29) is 36.6 Å². The van der Waals surface area contributed by atoms with Crippen molar-refractivity contribution in [2.45, 2.75) is 46.4 Å². The Balaban J connectivity index is 0. The first kappa shape index (κ1) is 26.9. The third-order valence-corrected chi connectivity index (χ3v) is 3.39. The van der Waals surface area contributed by atoms with Gasteiger partial charge in [0.2, 0.25) is 0 Å². The summed E-state index contributed by atoms with van der Waals surface area (Å²) in [6.45, 7) is 9.91. The molecule has 0 saturated heterocycles. The van der Waals surface area contributed by atoms with Crippen LogP contribution >= 0.6 is 24.0 Å². The molecule has 0 aliphatic carbocycles. The first-order chi connectivity index (χ1) is 11.2. The average molecular weight is 482 g/mol. The maximum atomic E-state index is 12.3. The van der Waals surface area contributed by atoms with Gasteiger partial charge in [0.1, 0.15) is 0 Å². The van der Waals surface area contributed by atoms with Crippen molar-refractivity contribution in [3.8, 4) is 0 Å². The number of hydrogen-bond donors (Lipinski definition) is 2. The minimum Gasteiger partial charge on any atom is -0.378 e. The molecule has 0 aromatic heterocycles. The highest BCUT2D eigenvalue weighted by Gasteiger charge is 2.28. The van der Waals surface area contributed by atoms with E-state index in [0.717, 1.165) is 6.42 Å². The number of halogens is 4. The predicted molar refractivity (Wildman–Crippen MR) is 108 cm³/mol. The van der Waals surface area contributed by atoms with E-state index in [9.17, 15) is 13.2 Å². The monoisotopic (exact) mass is 482 g/mol. The van der Waals surface area contributed by atoms with E-state index in [2.05, 4.69) is 29.5 Å². The number of likely N-dealkylation sites (N-methyl/N-ethyl adjacent to an activating group) is 1. The van der Waals surface area contributed by atoms with E-state index in [1.54, 1.807) is 0 Å². The van der Waals surface area contributed by atoms with Crippen molar-refractivity contribution in [1.82, 2.24) is 15.5 Å². The molecular weight excluding hydrogens is 448 g/mol. The number of guanidine groups is 1. The van der Waals surface area contributed by atoms with Crippen LogP contribution in [0.3, 0.4) is 0 Å². The van der Waals surface area contributed by atoms with Gasteiger partial charge in [0.25, 0.3) is 0 Å². The summed E-state index contributed by atoms with van der Waals surface area (Å²) in [5, 5.41) is 6.16. The Morgan fingerprint density at radius 3 is 2.32 bits per heavy atom. The number of alkyl halides is 3. The van der Waals surface area contributed by atoms with E-state index >= 15 is 0 Å². The van der Waals surface area contributed by atoms with Crippen molar-refractivity contribution in [3.05, 3.63) is 0 Å². The second-order valence-corrected chi connectivity index (χ2v) is 6.07. The molecule has 0 rings (SSSR count). The summed E-state index contributed by atoms with van der Waals surface area (Å²) >= 11 is 0. The van der Waals surface area contributed by atoms with E-state index in [1.807, 2.05) is 13.8 Å². The molecule has 1 unspecified atom stereocenters. The van der Waals surface area contributed by atoms with Crippen molar-refractivity contribution < 1.29 is 17.9 Å². The molecule has 0 radical (unpaired) electrons. The fourth-order valence-corrected chi connectivity index (χ4v) is 2.22. The molecular formula is C16H34F3IN4O. The average Bonchev–Trinajstić information content (AvgIpc) is 2.44. The Kier molecular flexibility index (Phi) is 16.0. The molecule has 0 fully saturated rings.